The van der Waals surface area contributed by atoms with Crippen LogP contribution in [0.1, 0.15) is 44.5 Å². The van der Waals surface area contributed by atoms with Crippen LogP contribution in [-0.2, 0) is 51.3 Å². The van der Waals surface area contributed by atoms with E-state index in [0.717, 1.165) is 48.5 Å². The highest BCUT2D eigenvalue weighted by molar-refractivity contribution is 7.88. The molecule has 11 aromatic rings. The molecule has 28 heteroatoms. The smallest absolute Gasteiger partial charge is 0.376 e. The van der Waals surface area contributed by atoms with Gasteiger partial charge in [-0.15, -0.1) is 0 Å². The second-order valence-corrected chi connectivity index (χ2v) is 27.5. The second kappa shape index (κ2) is 20.6. The number of benzene rings is 11. The van der Waals surface area contributed by atoms with Gasteiger partial charge in [-0.3, -0.25) is 0 Å². The van der Waals surface area contributed by atoms with Gasteiger partial charge in [0, 0.05) is 0 Å². The van der Waals surface area contributed by atoms with E-state index in [4.69, 9.17) is 0 Å². The number of alkyl halides is 12. The van der Waals surface area contributed by atoms with Crippen molar-refractivity contribution >= 4 is 83.6 Å². The number of hydrogen-bond acceptors (Lipinski definition) is 12. The van der Waals surface area contributed by atoms with Gasteiger partial charge >= 0.3 is 62.5 Å². The van der Waals surface area contributed by atoms with Crippen molar-refractivity contribution in [2.45, 2.75) is 32.9 Å². The van der Waals surface area contributed by atoms with E-state index in [-0.39, 0.29) is 21.5 Å². The molecular weight excluding hydrogens is 1320 g/mol. The maximum Gasteiger partial charge on any atom is 0.534 e. The van der Waals surface area contributed by atoms with Crippen LogP contribution in [-0.4, -0.2) is 55.7 Å². The van der Waals surface area contributed by atoms with Crippen molar-refractivity contribution in [1.29, 1.82) is 0 Å². The van der Waals surface area contributed by atoms with Crippen molar-refractivity contribution in [2.75, 3.05) is 0 Å². The van der Waals surface area contributed by atoms with Crippen molar-refractivity contribution in [3.63, 3.8) is 0 Å². The highest BCUT2D eigenvalue weighted by atomic mass is 32.2. The van der Waals surface area contributed by atoms with Crippen LogP contribution in [0.25, 0.3) is 65.3 Å². The topological polar surface area (TPSA) is 173 Å². The Morgan fingerprint density at radius 2 is 0.457 bits per heavy atom. The summed E-state index contributed by atoms with van der Waals surface area (Å²) in [6, 6.07) is 52.0. The molecule has 12 nitrogen and oxygen atoms in total. The number of rotatable bonds is 12. The van der Waals surface area contributed by atoms with E-state index >= 15 is 0 Å². The van der Waals surface area contributed by atoms with Gasteiger partial charge < -0.3 is 16.7 Å². The summed E-state index contributed by atoms with van der Waals surface area (Å²) in [4.78, 5) is 0. The van der Waals surface area contributed by atoms with Crippen molar-refractivity contribution in [3.8, 4) is 45.3 Å². The highest BCUT2D eigenvalue weighted by Crippen LogP contribution is 2.63. The molecule has 0 fully saturated rings. The van der Waals surface area contributed by atoms with E-state index in [1.807, 2.05) is 36.4 Å². The van der Waals surface area contributed by atoms with Crippen LogP contribution >= 0.6 is 0 Å². The summed E-state index contributed by atoms with van der Waals surface area (Å²) in [5.41, 5.74) is -19.1. The molecule has 0 amide bonds. The number of fused-ring (bicyclic) bond motifs is 10. The minimum Gasteiger partial charge on any atom is -0.376 e. The Morgan fingerprint density at radius 1 is 0.239 bits per heavy atom. The van der Waals surface area contributed by atoms with E-state index < -0.39 is 96.3 Å². The van der Waals surface area contributed by atoms with Gasteiger partial charge in [-0.05, 0) is 195 Å². The Balaban J connectivity index is 1.07. The maximum absolute atomic E-state index is 13.5. The largest absolute Gasteiger partial charge is 0.534 e. The molecule has 0 heterocycles. The molecule has 0 atom stereocenters. The first kappa shape index (κ1) is 61.5. The SMILES string of the molecule is O=S(=O)(Oc1ccc2cc(C3(c4ccc5cc(OS(=O)(=O)C(F)(F)F)ccc5c4)c4ccccc4-c4cc5c(cc43)-c3ccccc3C5(c3ccc4cc(OS(=O)(=O)C(F)(F)F)ccc4c3)c3ccc4cc(OS(=O)(=O)C(F)(F)F)ccc4c3)ccc2c1)C(F)(F)F. The third-order valence-electron chi connectivity index (χ3n) is 16.1. The second-order valence-electron chi connectivity index (χ2n) is 21.4. The first-order valence-corrected chi connectivity index (χ1v) is 32.2. The Labute approximate surface area is 512 Å². The normalized spacial score (nSPS) is 14.8. The molecule has 0 aromatic heterocycles. The van der Waals surface area contributed by atoms with E-state index in [2.05, 4.69) is 16.7 Å². The summed E-state index contributed by atoms with van der Waals surface area (Å²) in [5.74, 6) is -2.63. The van der Waals surface area contributed by atoms with Gasteiger partial charge in [-0.1, -0.05) is 121 Å². The summed E-state index contributed by atoms with van der Waals surface area (Å²) in [6.07, 6.45) is 0. The average Bonchev–Trinajstić information content (AvgIpc) is 1.50. The lowest BCUT2D eigenvalue weighted by molar-refractivity contribution is -0.0504. The van der Waals surface area contributed by atoms with Gasteiger partial charge in [0.25, 0.3) is 0 Å². The zero-order chi connectivity index (χ0) is 65.7. The standard InChI is InChI=1S/C64H34F12O12S4/c65-61(66,67)89(77,78)85-47-21-13-35-25-43(17-9-39(35)29-47)59(44-18-10-40-30-48(22-14-36(40)26-44)86-90(79,80)62(68,69)70)55-7-3-1-5-51(55)53-33-58-54(34-57(53)59)52-6-2-4-8-56(52)60(58,45-19-11-41-31-49(23-15-37(41)27-45)87-91(81,82)63(71,72)73)46-20-12-42-32-50(24-16-38(42)28-46)88-92(83,84)64(74,75)76/h1-34H. The maximum atomic E-state index is 13.5. The van der Waals surface area contributed by atoms with Crippen molar-refractivity contribution < 1.29 is 103 Å². The molecule has 0 saturated heterocycles. The highest BCUT2D eigenvalue weighted by Gasteiger charge is 2.54. The first-order valence-electron chi connectivity index (χ1n) is 26.6. The van der Waals surface area contributed by atoms with Gasteiger partial charge in [0.15, 0.2) is 0 Å². The Bertz CT molecular complexity index is 4860. The van der Waals surface area contributed by atoms with Crippen LogP contribution in [0.15, 0.2) is 206 Å². The lowest BCUT2D eigenvalue weighted by Gasteiger charge is -2.36. The molecule has 92 heavy (non-hydrogen) atoms. The predicted octanol–water partition coefficient (Wildman–Crippen LogP) is 15.9. The fraction of sp³-hybridized carbons (Fsp3) is 0.0938. The molecule has 2 aliphatic carbocycles. The van der Waals surface area contributed by atoms with Gasteiger partial charge in [0.1, 0.15) is 23.0 Å². The molecular formula is C64H34F12O12S4. The van der Waals surface area contributed by atoms with Crippen LogP contribution in [0, 0.1) is 0 Å². The van der Waals surface area contributed by atoms with Gasteiger partial charge in [0.05, 0.1) is 10.8 Å². The molecule has 11 aromatic carbocycles. The average molecular weight is 1350 g/mol. The van der Waals surface area contributed by atoms with Crippen molar-refractivity contribution in [1.82, 2.24) is 0 Å². The molecule has 0 saturated carbocycles. The third-order valence-corrected chi connectivity index (χ3v) is 20.1. The van der Waals surface area contributed by atoms with E-state index in [1.54, 1.807) is 72.8 Å². The minimum absolute atomic E-state index is 0.230. The van der Waals surface area contributed by atoms with E-state index in [9.17, 15) is 86.4 Å². The van der Waals surface area contributed by atoms with Gasteiger partial charge in [-0.25, -0.2) is 0 Å². The van der Waals surface area contributed by atoms with E-state index in [0.29, 0.717) is 88.3 Å². The lowest BCUT2D eigenvalue weighted by Crippen LogP contribution is -2.30. The Hall–Kier alpha value is -9.38. The fourth-order valence-electron chi connectivity index (χ4n) is 12.4. The zero-order valence-electron chi connectivity index (χ0n) is 45.7. The molecule has 2 aliphatic rings. The molecule has 13 rings (SSSR count). The summed E-state index contributed by atoms with van der Waals surface area (Å²) < 4.78 is 277. The summed E-state index contributed by atoms with van der Waals surface area (Å²) in [5, 5.41) is 2.41. The summed E-state index contributed by atoms with van der Waals surface area (Å²) >= 11 is 0. The Morgan fingerprint density at radius 3 is 0.696 bits per heavy atom. The molecule has 0 N–H and O–H groups in total. The predicted molar refractivity (Wildman–Crippen MR) is 313 cm³/mol. The molecule has 0 bridgehead atoms. The molecule has 470 valence electrons. The summed E-state index contributed by atoms with van der Waals surface area (Å²) in [7, 11) is -24.4. The van der Waals surface area contributed by atoms with Crippen LogP contribution < -0.4 is 16.7 Å². The molecule has 0 aliphatic heterocycles. The van der Waals surface area contributed by atoms with Crippen LogP contribution in [0.4, 0.5) is 52.7 Å². The monoisotopic (exact) mass is 1350 g/mol. The minimum atomic E-state index is -6.10. The van der Waals surface area contributed by atoms with Gasteiger partial charge in [0.2, 0.25) is 0 Å². The van der Waals surface area contributed by atoms with Crippen molar-refractivity contribution in [3.05, 3.63) is 251 Å². The molecule has 0 radical (unpaired) electrons. The number of hydrogen-bond donors (Lipinski definition) is 0. The molecule has 0 unspecified atom stereocenters. The first-order chi connectivity index (χ1) is 43.0. The lowest BCUT2D eigenvalue weighted by atomic mass is 9.65. The fourth-order valence-corrected chi connectivity index (χ4v) is 14.2. The Kier molecular flexibility index (Phi) is 13.7. The number of halogens is 12. The zero-order valence-corrected chi connectivity index (χ0v) is 49.0. The quantitative estimate of drug-likeness (QED) is 0.0644. The van der Waals surface area contributed by atoms with Crippen LogP contribution in [0.5, 0.6) is 23.0 Å². The molecule has 0 spiro atoms. The van der Waals surface area contributed by atoms with Crippen molar-refractivity contribution in [2.24, 2.45) is 0 Å². The van der Waals surface area contributed by atoms with E-state index in [1.165, 1.54) is 48.5 Å². The van der Waals surface area contributed by atoms with Crippen LogP contribution in [0.2, 0.25) is 0 Å². The van der Waals surface area contributed by atoms with Gasteiger partial charge in [-0.2, -0.15) is 86.4 Å². The third kappa shape index (κ3) is 9.78. The van der Waals surface area contributed by atoms with Crippen LogP contribution in [0.3, 0.4) is 0 Å². The summed E-state index contributed by atoms with van der Waals surface area (Å²) in [6.45, 7) is 0.